The van der Waals surface area contributed by atoms with E-state index < -0.39 is 12.0 Å². The van der Waals surface area contributed by atoms with Gasteiger partial charge in [-0.2, -0.15) is 0 Å². The number of aliphatic carboxylic acids is 1. The number of aryl methyl sites for hydroxylation is 1. The number of amides is 1. The molecule has 1 aliphatic rings. The molecule has 2 N–H and O–H groups in total. The third-order valence-corrected chi connectivity index (χ3v) is 8.05. The lowest BCUT2D eigenvalue weighted by molar-refractivity contribution is -0.139. The smallest absolute Gasteiger partial charge is 0.326 e. The molecule has 1 unspecified atom stereocenters. The number of nitrogens with one attached hydrogen (secondary N) is 1. The first-order chi connectivity index (χ1) is 21.4. The number of hydrogen-bond acceptors (Lipinski definition) is 5. The van der Waals surface area contributed by atoms with Crippen molar-refractivity contribution < 1.29 is 24.2 Å². The molecule has 0 heterocycles. The van der Waals surface area contributed by atoms with Crippen LogP contribution in [0.4, 0.5) is 5.69 Å². The fourth-order valence-electron chi connectivity index (χ4n) is 5.38. The molecule has 226 valence electrons. The number of carboxylic acid groups (broad SMARTS) is 1. The molecular formula is C37H38N2O5. The highest BCUT2D eigenvalue weighted by Gasteiger charge is 2.29. The number of anilines is 1. The van der Waals surface area contributed by atoms with Crippen LogP contribution in [0.3, 0.4) is 0 Å². The Morgan fingerprint density at radius 2 is 1.61 bits per heavy atom. The Hall–Kier alpha value is -4.91. The monoisotopic (exact) mass is 590 g/mol. The molecule has 0 aliphatic heterocycles. The first kappa shape index (κ1) is 30.5. The first-order valence-electron chi connectivity index (χ1n) is 15.1. The summed E-state index contributed by atoms with van der Waals surface area (Å²) in [6, 6.07) is 30.5. The van der Waals surface area contributed by atoms with Crippen LogP contribution >= 0.6 is 0 Å². The minimum atomic E-state index is -1.02. The number of carbonyl (C=O) groups excluding carboxylic acids is 2. The lowest BCUT2D eigenvalue weighted by Crippen LogP contribution is -2.40. The topological polar surface area (TPSA) is 95.9 Å². The highest BCUT2D eigenvalue weighted by atomic mass is 16.5. The van der Waals surface area contributed by atoms with Crippen molar-refractivity contribution in [1.82, 2.24) is 4.90 Å². The van der Waals surface area contributed by atoms with Gasteiger partial charge in [0, 0.05) is 35.7 Å². The molecule has 0 spiro atoms. The van der Waals surface area contributed by atoms with Crippen molar-refractivity contribution in [3.05, 3.63) is 131 Å². The Kier molecular flexibility index (Phi) is 10.1. The minimum Gasteiger partial charge on any atom is -0.492 e. The fraction of sp³-hybridized carbons (Fsp3) is 0.270. The zero-order valence-electron chi connectivity index (χ0n) is 24.9. The number of benzene rings is 4. The number of carbonyl (C=O) groups is 3. The van der Waals surface area contributed by atoms with Crippen LogP contribution in [-0.2, 0) is 22.6 Å². The van der Waals surface area contributed by atoms with Gasteiger partial charge in [-0.05, 0) is 55.2 Å². The van der Waals surface area contributed by atoms with Crippen molar-refractivity contribution >= 4 is 23.3 Å². The quantitative estimate of drug-likeness (QED) is 0.162. The van der Waals surface area contributed by atoms with Crippen LogP contribution in [0.2, 0.25) is 0 Å². The van der Waals surface area contributed by atoms with E-state index in [-0.39, 0.29) is 24.0 Å². The normalized spacial score (nSPS) is 13.4. The molecule has 1 aliphatic carbocycles. The Labute approximate surface area is 258 Å². The van der Waals surface area contributed by atoms with Gasteiger partial charge in [-0.15, -0.1) is 0 Å². The van der Waals surface area contributed by atoms with Gasteiger partial charge in [-0.3, -0.25) is 9.59 Å². The number of ketones is 1. The van der Waals surface area contributed by atoms with E-state index in [1.165, 1.54) is 5.56 Å². The van der Waals surface area contributed by atoms with Crippen LogP contribution in [0.15, 0.2) is 103 Å². The summed E-state index contributed by atoms with van der Waals surface area (Å²) in [5.74, 6) is -0.239. The summed E-state index contributed by atoms with van der Waals surface area (Å²) in [6.07, 6.45) is 3.22. The third-order valence-electron chi connectivity index (χ3n) is 8.05. The highest BCUT2D eigenvalue weighted by molar-refractivity contribution is 6.12. The molecule has 0 saturated heterocycles. The Morgan fingerprint density at radius 3 is 2.30 bits per heavy atom. The van der Waals surface area contributed by atoms with E-state index >= 15 is 0 Å². The van der Waals surface area contributed by atoms with E-state index in [4.69, 9.17) is 4.74 Å². The second-order valence-electron chi connectivity index (χ2n) is 11.3. The van der Waals surface area contributed by atoms with Gasteiger partial charge >= 0.3 is 5.97 Å². The van der Waals surface area contributed by atoms with E-state index in [2.05, 4.69) is 24.4 Å². The Balaban J connectivity index is 1.19. The largest absolute Gasteiger partial charge is 0.492 e. The number of rotatable bonds is 14. The zero-order valence-corrected chi connectivity index (χ0v) is 24.9. The number of carboxylic acids is 1. The molecule has 1 saturated carbocycles. The predicted molar refractivity (Wildman–Crippen MR) is 171 cm³/mol. The Morgan fingerprint density at radius 1 is 0.886 bits per heavy atom. The maximum absolute atomic E-state index is 13.1. The summed E-state index contributed by atoms with van der Waals surface area (Å²) in [7, 11) is 0. The van der Waals surface area contributed by atoms with Crippen molar-refractivity contribution in [3.8, 4) is 5.75 Å². The highest BCUT2D eigenvalue weighted by Crippen LogP contribution is 2.29. The lowest BCUT2D eigenvalue weighted by Gasteiger charge is -2.32. The van der Waals surface area contributed by atoms with Gasteiger partial charge in [0.15, 0.2) is 5.78 Å². The summed E-state index contributed by atoms with van der Waals surface area (Å²) in [5.41, 5.74) is 4.51. The minimum absolute atomic E-state index is 0.110. The molecule has 5 rings (SSSR count). The van der Waals surface area contributed by atoms with Crippen molar-refractivity contribution in [2.24, 2.45) is 5.92 Å². The van der Waals surface area contributed by atoms with Gasteiger partial charge in [0.2, 0.25) is 5.91 Å². The maximum atomic E-state index is 13.1. The molecule has 1 fully saturated rings. The number of nitrogens with zero attached hydrogens (tertiary/aromatic N) is 1. The van der Waals surface area contributed by atoms with Crippen LogP contribution in [0.25, 0.3) is 0 Å². The van der Waals surface area contributed by atoms with Crippen molar-refractivity contribution in [3.63, 3.8) is 0 Å². The molecular weight excluding hydrogens is 552 g/mol. The van der Waals surface area contributed by atoms with Crippen molar-refractivity contribution in [2.45, 2.75) is 45.2 Å². The summed E-state index contributed by atoms with van der Waals surface area (Å²) in [6.45, 7) is 3.45. The van der Waals surface area contributed by atoms with Gasteiger partial charge < -0.3 is 20.1 Å². The van der Waals surface area contributed by atoms with Gasteiger partial charge in [0.25, 0.3) is 0 Å². The molecule has 1 amide bonds. The molecule has 44 heavy (non-hydrogen) atoms. The molecule has 0 bridgehead atoms. The number of para-hydroxylation sites is 1. The van der Waals surface area contributed by atoms with Gasteiger partial charge in [-0.1, -0.05) is 90.8 Å². The molecule has 0 aromatic heterocycles. The molecule has 7 nitrogen and oxygen atoms in total. The lowest BCUT2D eigenvalue weighted by atomic mass is 9.84. The number of hydrogen-bond donors (Lipinski definition) is 2. The van der Waals surface area contributed by atoms with Crippen LogP contribution < -0.4 is 10.1 Å². The van der Waals surface area contributed by atoms with Gasteiger partial charge in [0.1, 0.15) is 18.4 Å². The molecule has 1 atom stereocenters. The summed E-state index contributed by atoms with van der Waals surface area (Å²) in [5, 5.41) is 13.1. The summed E-state index contributed by atoms with van der Waals surface area (Å²) < 4.78 is 6.00. The third kappa shape index (κ3) is 7.92. The first-order valence-corrected chi connectivity index (χ1v) is 15.1. The van der Waals surface area contributed by atoms with Crippen LogP contribution in [0.5, 0.6) is 5.75 Å². The van der Waals surface area contributed by atoms with Crippen LogP contribution in [0.1, 0.15) is 51.9 Å². The number of ether oxygens (including phenoxy) is 1. The molecule has 7 heteroatoms. The molecule has 4 aromatic carbocycles. The summed E-state index contributed by atoms with van der Waals surface area (Å²) in [4.78, 5) is 40.3. The molecule has 4 aromatic rings. The SMILES string of the molecule is Cc1cccc(CN(CCOc2ccc(CC(Nc3ccccc3C(=O)c3ccccc3)C(=O)O)cc2)C(=O)C2CCC2)c1. The second kappa shape index (κ2) is 14.5. The molecule has 0 radical (unpaired) electrons. The Bertz CT molecular complexity index is 1580. The fourth-order valence-corrected chi connectivity index (χ4v) is 5.38. The van der Waals surface area contributed by atoms with Gasteiger partial charge in [0.05, 0.1) is 6.54 Å². The van der Waals surface area contributed by atoms with Gasteiger partial charge in [-0.25, -0.2) is 4.79 Å². The maximum Gasteiger partial charge on any atom is 0.326 e. The van der Waals surface area contributed by atoms with E-state index in [0.29, 0.717) is 42.3 Å². The standard InChI is InChI=1S/C37H38N2O5/c1-26-9-7-10-28(23-26)25-39(36(41)30-13-8-14-30)21-22-44-31-19-17-27(18-20-31)24-34(37(42)43)38-33-16-6-5-15-32(33)35(40)29-11-3-2-4-12-29/h2-7,9-12,15-20,23,30,34,38H,8,13-14,21-22,24-25H2,1H3,(H,42,43). The van der Waals surface area contributed by atoms with Crippen LogP contribution in [0, 0.1) is 12.8 Å². The van der Waals surface area contributed by atoms with E-state index in [9.17, 15) is 19.5 Å². The zero-order chi connectivity index (χ0) is 30.9. The van der Waals surface area contributed by atoms with E-state index in [1.807, 2.05) is 47.4 Å². The van der Waals surface area contributed by atoms with E-state index in [1.54, 1.807) is 48.5 Å². The van der Waals surface area contributed by atoms with Crippen LogP contribution in [-0.4, -0.2) is 46.9 Å². The summed E-state index contributed by atoms with van der Waals surface area (Å²) >= 11 is 0. The average molecular weight is 591 g/mol. The predicted octanol–water partition coefficient (Wildman–Crippen LogP) is 6.54. The van der Waals surface area contributed by atoms with E-state index in [0.717, 1.165) is 30.4 Å². The second-order valence-corrected chi connectivity index (χ2v) is 11.3. The van der Waals surface area contributed by atoms with Crippen molar-refractivity contribution in [2.75, 3.05) is 18.5 Å². The average Bonchev–Trinajstić information content (AvgIpc) is 3.00. The van der Waals surface area contributed by atoms with Crippen molar-refractivity contribution in [1.29, 1.82) is 0 Å².